The van der Waals surface area contributed by atoms with E-state index in [0.29, 0.717) is 5.82 Å². The molecule has 0 saturated heterocycles. The van der Waals surface area contributed by atoms with Gasteiger partial charge in [0.25, 0.3) is 0 Å². The van der Waals surface area contributed by atoms with E-state index in [9.17, 15) is 4.79 Å². The molecular formula is C15H16N4O2. The molecule has 0 aromatic carbocycles. The summed E-state index contributed by atoms with van der Waals surface area (Å²) < 4.78 is 1.87. The van der Waals surface area contributed by atoms with Gasteiger partial charge in [0.15, 0.2) is 5.69 Å². The lowest BCUT2D eigenvalue weighted by Crippen LogP contribution is -2.29. The topological polar surface area (TPSA) is 71.2 Å². The lowest BCUT2D eigenvalue weighted by molar-refractivity contribution is 0.0690. The van der Waals surface area contributed by atoms with Gasteiger partial charge in [-0.2, -0.15) is 5.10 Å². The molecule has 108 valence electrons. The van der Waals surface area contributed by atoms with Crippen molar-refractivity contribution in [2.24, 2.45) is 7.05 Å². The fourth-order valence-corrected chi connectivity index (χ4v) is 2.52. The van der Waals surface area contributed by atoms with Crippen molar-refractivity contribution in [3.05, 3.63) is 47.9 Å². The zero-order chi connectivity index (χ0) is 14.8. The van der Waals surface area contributed by atoms with Gasteiger partial charge in [0.2, 0.25) is 0 Å². The van der Waals surface area contributed by atoms with Gasteiger partial charge in [-0.25, -0.2) is 9.78 Å². The van der Waals surface area contributed by atoms with Crippen LogP contribution >= 0.6 is 0 Å². The maximum atomic E-state index is 11.0. The highest BCUT2D eigenvalue weighted by atomic mass is 16.4. The van der Waals surface area contributed by atoms with Gasteiger partial charge in [-0.3, -0.25) is 4.68 Å². The summed E-state index contributed by atoms with van der Waals surface area (Å²) in [7, 11) is 1.93. The summed E-state index contributed by atoms with van der Waals surface area (Å²) in [5, 5.41) is 13.2. The molecule has 0 spiro atoms. The fraction of sp³-hybridized carbons (Fsp3) is 0.267. The Kier molecular flexibility index (Phi) is 3.43. The largest absolute Gasteiger partial charge is 0.477 e. The summed E-state index contributed by atoms with van der Waals surface area (Å²) in [5.41, 5.74) is 2.47. The average molecular weight is 284 g/mol. The molecule has 0 aliphatic carbocycles. The number of hydrogen-bond donors (Lipinski definition) is 1. The monoisotopic (exact) mass is 284 g/mol. The fourth-order valence-electron chi connectivity index (χ4n) is 2.52. The predicted molar refractivity (Wildman–Crippen MR) is 79.2 cm³/mol. The Morgan fingerprint density at radius 2 is 2.19 bits per heavy atom. The van der Waals surface area contributed by atoms with Crippen LogP contribution in [0.1, 0.15) is 22.6 Å². The molecule has 3 rings (SSSR count). The maximum absolute atomic E-state index is 11.0. The third-order valence-electron chi connectivity index (χ3n) is 3.64. The van der Waals surface area contributed by atoms with Gasteiger partial charge in [0, 0.05) is 26.3 Å². The van der Waals surface area contributed by atoms with Gasteiger partial charge in [-0.15, -0.1) is 0 Å². The highest BCUT2D eigenvalue weighted by molar-refractivity contribution is 5.85. The number of rotatable bonds is 3. The quantitative estimate of drug-likeness (QED) is 0.930. The third-order valence-corrected chi connectivity index (χ3v) is 3.64. The van der Waals surface area contributed by atoms with Gasteiger partial charge in [-0.1, -0.05) is 12.1 Å². The molecule has 2 aromatic rings. The Labute approximate surface area is 122 Å². The van der Waals surface area contributed by atoms with E-state index in [1.54, 1.807) is 12.3 Å². The lowest BCUT2D eigenvalue weighted by atomic mass is 10.0. The van der Waals surface area contributed by atoms with Gasteiger partial charge in [0.05, 0.1) is 5.69 Å². The van der Waals surface area contributed by atoms with E-state index >= 15 is 0 Å². The first kappa shape index (κ1) is 13.4. The van der Waals surface area contributed by atoms with Crippen molar-refractivity contribution < 1.29 is 9.90 Å². The van der Waals surface area contributed by atoms with E-state index < -0.39 is 5.97 Å². The molecule has 3 heterocycles. The van der Waals surface area contributed by atoms with Crippen LogP contribution in [0.5, 0.6) is 0 Å². The molecule has 1 aliphatic rings. The molecule has 21 heavy (non-hydrogen) atoms. The van der Waals surface area contributed by atoms with Crippen molar-refractivity contribution in [1.29, 1.82) is 0 Å². The second-order valence-corrected chi connectivity index (χ2v) is 4.95. The van der Waals surface area contributed by atoms with E-state index in [4.69, 9.17) is 5.11 Å². The summed E-state index contributed by atoms with van der Waals surface area (Å²) in [6.45, 7) is 1.53. The van der Waals surface area contributed by atoms with E-state index in [-0.39, 0.29) is 5.69 Å². The first-order valence-corrected chi connectivity index (χ1v) is 6.78. The molecule has 2 aromatic heterocycles. The van der Waals surface area contributed by atoms with Crippen LogP contribution in [0.4, 0.5) is 5.82 Å². The van der Waals surface area contributed by atoms with Gasteiger partial charge in [0.1, 0.15) is 5.82 Å². The van der Waals surface area contributed by atoms with Crippen LogP contribution in [-0.4, -0.2) is 38.9 Å². The summed E-state index contributed by atoms with van der Waals surface area (Å²) in [6.07, 6.45) is 4.83. The van der Waals surface area contributed by atoms with E-state index in [1.165, 1.54) is 11.6 Å². The highest BCUT2D eigenvalue weighted by Gasteiger charge is 2.17. The maximum Gasteiger partial charge on any atom is 0.354 e. The molecular weight excluding hydrogens is 268 g/mol. The third kappa shape index (κ3) is 2.65. The number of anilines is 1. The smallest absolute Gasteiger partial charge is 0.354 e. The molecule has 0 fully saturated rings. The number of aryl methyl sites for hydroxylation is 1. The number of aromatic carboxylic acids is 1. The predicted octanol–water partition coefficient (Wildman–Crippen LogP) is 1.81. The lowest BCUT2D eigenvalue weighted by Gasteiger charge is -2.27. The number of aromatic nitrogens is 3. The van der Waals surface area contributed by atoms with Crippen LogP contribution in [0.25, 0.3) is 5.57 Å². The minimum Gasteiger partial charge on any atom is -0.477 e. The van der Waals surface area contributed by atoms with Crippen molar-refractivity contribution in [3.8, 4) is 0 Å². The summed E-state index contributed by atoms with van der Waals surface area (Å²) >= 11 is 0. The highest BCUT2D eigenvalue weighted by Crippen LogP contribution is 2.24. The van der Waals surface area contributed by atoms with Gasteiger partial charge < -0.3 is 10.0 Å². The molecule has 0 bridgehead atoms. The number of pyridine rings is 1. The minimum absolute atomic E-state index is 0.0777. The van der Waals surface area contributed by atoms with Gasteiger partial charge >= 0.3 is 5.97 Å². The van der Waals surface area contributed by atoms with E-state index in [0.717, 1.165) is 25.2 Å². The molecule has 6 nitrogen and oxygen atoms in total. The first-order valence-electron chi connectivity index (χ1n) is 6.78. The molecule has 0 radical (unpaired) electrons. The van der Waals surface area contributed by atoms with Crippen LogP contribution < -0.4 is 4.90 Å². The molecule has 0 saturated carbocycles. The zero-order valence-corrected chi connectivity index (χ0v) is 11.7. The number of carbonyl (C=O) groups is 1. The number of carboxylic acids is 1. The van der Waals surface area contributed by atoms with Crippen molar-refractivity contribution in [2.75, 3.05) is 18.0 Å². The van der Waals surface area contributed by atoms with Crippen molar-refractivity contribution in [2.45, 2.75) is 6.42 Å². The van der Waals surface area contributed by atoms with Crippen LogP contribution in [-0.2, 0) is 7.05 Å². The number of carboxylic acid groups (broad SMARTS) is 1. The van der Waals surface area contributed by atoms with E-state index in [1.807, 2.05) is 23.9 Å². The summed E-state index contributed by atoms with van der Waals surface area (Å²) in [6, 6.07) is 7.08. The molecule has 0 atom stereocenters. The second kappa shape index (κ2) is 5.40. The van der Waals surface area contributed by atoms with E-state index in [2.05, 4.69) is 21.1 Å². The first-order chi connectivity index (χ1) is 10.1. The van der Waals surface area contributed by atoms with Crippen LogP contribution in [0, 0.1) is 0 Å². The SMILES string of the molecule is Cn1nccc1C1=CCN(c2cccc(C(=O)O)n2)CC1. The number of nitrogens with zero attached hydrogens (tertiary/aromatic N) is 4. The van der Waals surface area contributed by atoms with Gasteiger partial charge in [-0.05, 0) is 30.2 Å². The molecule has 1 aliphatic heterocycles. The Bertz CT molecular complexity index is 705. The Balaban J connectivity index is 1.79. The Hall–Kier alpha value is -2.63. The molecule has 1 N–H and O–H groups in total. The summed E-state index contributed by atoms with van der Waals surface area (Å²) in [4.78, 5) is 17.2. The standard InChI is InChI=1S/C15H16N4O2/c1-18-13(5-8-16-18)11-6-9-19(10-7-11)14-4-2-3-12(17-14)15(20)21/h2-6,8H,7,9-10H2,1H3,(H,20,21). The normalized spacial score (nSPS) is 14.9. The average Bonchev–Trinajstić information content (AvgIpc) is 2.94. The van der Waals surface area contributed by atoms with Crippen molar-refractivity contribution >= 4 is 17.4 Å². The number of hydrogen-bond acceptors (Lipinski definition) is 4. The van der Waals surface area contributed by atoms with Crippen LogP contribution in [0.3, 0.4) is 0 Å². The molecule has 0 unspecified atom stereocenters. The summed E-state index contributed by atoms with van der Waals surface area (Å²) in [5.74, 6) is -0.296. The second-order valence-electron chi connectivity index (χ2n) is 4.95. The molecule has 6 heteroatoms. The van der Waals surface area contributed by atoms with Crippen molar-refractivity contribution in [1.82, 2.24) is 14.8 Å². The van der Waals surface area contributed by atoms with Crippen LogP contribution in [0.15, 0.2) is 36.5 Å². The zero-order valence-electron chi connectivity index (χ0n) is 11.7. The Morgan fingerprint density at radius 1 is 1.33 bits per heavy atom. The minimum atomic E-state index is -1.00. The van der Waals surface area contributed by atoms with Crippen molar-refractivity contribution in [3.63, 3.8) is 0 Å². The van der Waals surface area contributed by atoms with Crippen LogP contribution in [0.2, 0.25) is 0 Å². The molecule has 0 amide bonds. The Morgan fingerprint density at radius 3 is 2.81 bits per heavy atom.